The van der Waals surface area contributed by atoms with Crippen LogP contribution in [0.4, 0.5) is 14.9 Å². The molecule has 2 unspecified atom stereocenters. The number of ether oxygens (including phenoxy) is 1. The van der Waals surface area contributed by atoms with Crippen LogP contribution in [0.1, 0.15) is 13.8 Å². The summed E-state index contributed by atoms with van der Waals surface area (Å²) in [5.41, 5.74) is 0.333. The molecule has 2 amide bonds. The number of urea groups is 1. The lowest BCUT2D eigenvalue weighted by Crippen LogP contribution is -2.40. The van der Waals surface area contributed by atoms with Gasteiger partial charge in [-0.05, 0) is 25.0 Å². The molecular formula is C13H19FN2O3. The molecule has 5 nitrogen and oxygen atoms in total. The van der Waals surface area contributed by atoms with E-state index in [4.69, 9.17) is 9.84 Å². The molecule has 0 bridgehead atoms. The van der Waals surface area contributed by atoms with Crippen LogP contribution in [0, 0.1) is 11.7 Å². The monoisotopic (exact) mass is 270 g/mol. The molecule has 1 rings (SSSR count). The Morgan fingerprint density at radius 2 is 2.16 bits per heavy atom. The van der Waals surface area contributed by atoms with E-state index in [9.17, 15) is 9.18 Å². The van der Waals surface area contributed by atoms with Gasteiger partial charge in [0.2, 0.25) is 0 Å². The lowest BCUT2D eigenvalue weighted by molar-refractivity contribution is 0.204. The van der Waals surface area contributed by atoms with Crippen LogP contribution < -0.4 is 15.4 Å². The van der Waals surface area contributed by atoms with Gasteiger partial charge in [0.1, 0.15) is 0 Å². The summed E-state index contributed by atoms with van der Waals surface area (Å²) in [5, 5.41) is 14.1. The molecule has 1 aromatic rings. The summed E-state index contributed by atoms with van der Waals surface area (Å²) in [4.78, 5) is 11.7. The van der Waals surface area contributed by atoms with Gasteiger partial charge in [-0.25, -0.2) is 9.18 Å². The number of amides is 2. The predicted molar refractivity (Wildman–Crippen MR) is 70.8 cm³/mol. The second kappa shape index (κ2) is 6.94. The van der Waals surface area contributed by atoms with Gasteiger partial charge in [-0.15, -0.1) is 0 Å². The van der Waals surface area contributed by atoms with E-state index < -0.39 is 11.8 Å². The quantitative estimate of drug-likeness (QED) is 0.766. The van der Waals surface area contributed by atoms with Crippen LogP contribution in [-0.2, 0) is 0 Å². The molecule has 0 heterocycles. The largest absolute Gasteiger partial charge is 0.494 e. The smallest absolute Gasteiger partial charge is 0.319 e. The van der Waals surface area contributed by atoms with Crippen LogP contribution in [0.15, 0.2) is 18.2 Å². The summed E-state index contributed by atoms with van der Waals surface area (Å²) in [7, 11) is 1.37. The third kappa shape index (κ3) is 4.40. The lowest BCUT2D eigenvalue weighted by Gasteiger charge is -2.19. The summed E-state index contributed by atoms with van der Waals surface area (Å²) in [6.45, 7) is 3.59. The Hall–Kier alpha value is -1.82. The fraction of sp³-hybridized carbons (Fsp3) is 0.462. The zero-order chi connectivity index (χ0) is 14.4. The van der Waals surface area contributed by atoms with Crippen molar-refractivity contribution in [3.8, 4) is 5.75 Å². The summed E-state index contributed by atoms with van der Waals surface area (Å²) in [5.74, 6) is -0.483. The van der Waals surface area contributed by atoms with Crippen molar-refractivity contribution in [3.05, 3.63) is 24.0 Å². The first-order valence-electron chi connectivity index (χ1n) is 5.99. The predicted octanol–water partition coefficient (Wildman–Crippen LogP) is 1.97. The molecule has 0 spiro atoms. The number of rotatable bonds is 5. The first-order chi connectivity index (χ1) is 8.97. The lowest BCUT2D eigenvalue weighted by atomic mass is 10.1. The molecule has 1 aromatic carbocycles. The molecule has 2 atom stereocenters. The fourth-order valence-corrected chi connectivity index (χ4v) is 1.42. The highest BCUT2D eigenvalue weighted by atomic mass is 19.1. The number of carbonyl (C=O) groups is 1. The van der Waals surface area contributed by atoms with Gasteiger partial charge in [0.15, 0.2) is 11.6 Å². The minimum absolute atomic E-state index is 0.0153. The molecule has 6 heteroatoms. The molecule has 0 aromatic heterocycles. The van der Waals surface area contributed by atoms with Gasteiger partial charge in [0.25, 0.3) is 0 Å². The number of methoxy groups -OCH3 is 1. The van der Waals surface area contributed by atoms with E-state index in [2.05, 4.69) is 10.6 Å². The van der Waals surface area contributed by atoms with Crippen LogP contribution in [0.5, 0.6) is 5.75 Å². The van der Waals surface area contributed by atoms with E-state index in [1.807, 2.05) is 6.92 Å². The summed E-state index contributed by atoms with van der Waals surface area (Å²) >= 11 is 0. The van der Waals surface area contributed by atoms with E-state index in [1.165, 1.54) is 19.2 Å². The maximum absolute atomic E-state index is 13.4. The van der Waals surface area contributed by atoms with Crippen LogP contribution in [0.2, 0.25) is 0 Å². The molecule has 0 aliphatic heterocycles. The van der Waals surface area contributed by atoms with Gasteiger partial charge >= 0.3 is 6.03 Å². The highest BCUT2D eigenvalue weighted by Gasteiger charge is 2.14. The fourth-order valence-electron chi connectivity index (χ4n) is 1.42. The molecule has 0 saturated carbocycles. The third-order valence-corrected chi connectivity index (χ3v) is 2.91. The number of carbonyl (C=O) groups excluding carboxylic acids is 1. The van der Waals surface area contributed by atoms with E-state index in [1.54, 1.807) is 13.0 Å². The minimum atomic E-state index is -0.544. The first kappa shape index (κ1) is 15.2. The molecule has 0 aliphatic rings. The van der Waals surface area contributed by atoms with Crippen molar-refractivity contribution in [2.45, 2.75) is 19.9 Å². The highest BCUT2D eigenvalue weighted by molar-refractivity contribution is 5.89. The summed E-state index contributed by atoms with van der Waals surface area (Å²) in [6, 6.07) is 3.52. The third-order valence-electron chi connectivity index (χ3n) is 2.91. The van der Waals surface area contributed by atoms with Crippen molar-refractivity contribution in [1.82, 2.24) is 5.32 Å². The summed E-state index contributed by atoms with van der Waals surface area (Å²) < 4.78 is 18.2. The average Bonchev–Trinajstić information content (AvgIpc) is 2.37. The second-order valence-electron chi connectivity index (χ2n) is 4.40. The molecule has 0 aliphatic carbocycles. The number of hydrogen-bond donors (Lipinski definition) is 3. The van der Waals surface area contributed by atoms with Crippen LogP contribution >= 0.6 is 0 Å². The van der Waals surface area contributed by atoms with Gasteiger partial charge in [-0.2, -0.15) is 0 Å². The Morgan fingerprint density at radius 3 is 2.68 bits per heavy atom. The Balaban J connectivity index is 2.60. The van der Waals surface area contributed by atoms with E-state index >= 15 is 0 Å². The minimum Gasteiger partial charge on any atom is -0.494 e. The van der Waals surface area contributed by atoms with Crippen molar-refractivity contribution >= 4 is 11.7 Å². The van der Waals surface area contributed by atoms with Crippen molar-refractivity contribution in [2.75, 3.05) is 19.0 Å². The number of halogens is 1. The van der Waals surface area contributed by atoms with Gasteiger partial charge in [-0.3, -0.25) is 0 Å². The van der Waals surface area contributed by atoms with Crippen molar-refractivity contribution in [3.63, 3.8) is 0 Å². The SMILES string of the molecule is COc1ccc(NC(=O)NC(C)C(C)CO)cc1F. The van der Waals surface area contributed by atoms with E-state index in [-0.39, 0.29) is 24.3 Å². The molecular weight excluding hydrogens is 251 g/mol. The van der Waals surface area contributed by atoms with Gasteiger partial charge in [-0.1, -0.05) is 6.92 Å². The highest BCUT2D eigenvalue weighted by Crippen LogP contribution is 2.20. The van der Waals surface area contributed by atoms with Crippen molar-refractivity contribution < 1.29 is 19.0 Å². The standard InChI is InChI=1S/C13H19FN2O3/c1-8(7-17)9(2)15-13(18)16-10-4-5-12(19-3)11(14)6-10/h4-6,8-9,17H,7H2,1-3H3,(H2,15,16,18). The number of nitrogens with one attached hydrogen (secondary N) is 2. The normalized spacial score (nSPS) is 13.5. The number of aliphatic hydroxyl groups excluding tert-OH is 1. The number of anilines is 1. The van der Waals surface area contributed by atoms with E-state index in [0.717, 1.165) is 0 Å². The molecule has 0 radical (unpaired) electrons. The Labute approximate surface area is 111 Å². The molecule has 0 fully saturated rings. The topological polar surface area (TPSA) is 70.6 Å². The van der Waals surface area contributed by atoms with Gasteiger partial charge in [0, 0.05) is 24.4 Å². The Kier molecular flexibility index (Phi) is 5.57. The number of aliphatic hydroxyl groups is 1. The molecule has 106 valence electrons. The van der Waals surface area contributed by atoms with Crippen LogP contribution in [0.25, 0.3) is 0 Å². The van der Waals surface area contributed by atoms with Crippen molar-refractivity contribution in [1.29, 1.82) is 0 Å². The van der Waals surface area contributed by atoms with Gasteiger partial charge in [0.05, 0.1) is 7.11 Å². The van der Waals surface area contributed by atoms with Gasteiger partial charge < -0.3 is 20.5 Å². The zero-order valence-electron chi connectivity index (χ0n) is 11.2. The molecule has 3 N–H and O–H groups in total. The van der Waals surface area contributed by atoms with Crippen LogP contribution in [-0.4, -0.2) is 30.9 Å². The second-order valence-corrected chi connectivity index (χ2v) is 4.40. The molecule has 0 saturated heterocycles. The summed E-state index contributed by atoms with van der Waals surface area (Å²) in [6.07, 6.45) is 0. The van der Waals surface area contributed by atoms with Crippen molar-refractivity contribution in [2.24, 2.45) is 5.92 Å². The average molecular weight is 270 g/mol. The molecule has 19 heavy (non-hydrogen) atoms. The zero-order valence-corrected chi connectivity index (χ0v) is 11.2. The maximum Gasteiger partial charge on any atom is 0.319 e. The first-order valence-corrected chi connectivity index (χ1v) is 5.99. The maximum atomic E-state index is 13.4. The number of benzene rings is 1. The van der Waals surface area contributed by atoms with E-state index in [0.29, 0.717) is 5.69 Å². The Morgan fingerprint density at radius 1 is 1.47 bits per heavy atom. The Bertz CT molecular complexity index is 440. The number of hydrogen-bond acceptors (Lipinski definition) is 3. The van der Waals surface area contributed by atoms with Crippen LogP contribution in [0.3, 0.4) is 0 Å².